The summed E-state index contributed by atoms with van der Waals surface area (Å²) in [5.74, 6) is 0.790. The van der Waals surface area contributed by atoms with Crippen molar-refractivity contribution >= 4 is 11.6 Å². The minimum absolute atomic E-state index is 0.0502. The Bertz CT molecular complexity index is 454. The van der Waals surface area contributed by atoms with Crippen LogP contribution in [-0.4, -0.2) is 25.1 Å². The van der Waals surface area contributed by atoms with Crippen LogP contribution in [-0.2, 0) is 4.79 Å². The second-order valence-electron chi connectivity index (χ2n) is 6.02. The molecule has 1 aliphatic carbocycles. The van der Waals surface area contributed by atoms with E-state index in [0.717, 1.165) is 11.4 Å². The van der Waals surface area contributed by atoms with E-state index in [1.54, 1.807) is 0 Å². The third-order valence-electron chi connectivity index (χ3n) is 4.25. The molecule has 0 radical (unpaired) electrons. The topological polar surface area (TPSA) is 54.9 Å². The predicted octanol–water partition coefficient (Wildman–Crippen LogP) is 2.70. The maximum absolute atomic E-state index is 12.2. The molecule has 122 valence electrons. The van der Waals surface area contributed by atoms with Gasteiger partial charge in [-0.3, -0.25) is 4.79 Å². The zero-order valence-corrected chi connectivity index (χ0v) is 13.6. The summed E-state index contributed by atoms with van der Waals surface area (Å²) < 4.78 is 5.54. The number of para-hydroxylation sites is 2. The first-order chi connectivity index (χ1) is 10.8. The van der Waals surface area contributed by atoms with E-state index < -0.39 is 0 Å². The Morgan fingerprint density at radius 1 is 1.18 bits per heavy atom. The van der Waals surface area contributed by atoms with Crippen molar-refractivity contribution in [3.63, 3.8) is 0 Å². The largest absolute Gasteiger partial charge is 0.492 e. The molecule has 4 nitrogen and oxygen atoms in total. The van der Waals surface area contributed by atoms with Gasteiger partial charge in [-0.1, -0.05) is 31.4 Å². The van der Waals surface area contributed by atoms with Crippen LogP contribution in [0.4, 0.5) is 5.69 Å². The fourth-order valence-electron chi connectivity index (χ4n) is 3.05. The highest BCUT2D eigenvalue weighted by atomic mass is 16.5. The highest BCUT2D eigenvalue weighted by Gasteiger charge is 2.16. The summed E-state index contributed by atoms with van der Waals surface area (Å²) in [5.41, 5.74) is 0.764. The standard InChI is InChI=1S/C18H28N2O2/c1-2-22-17-13-9-8-12-16(17)20-18(21)14-19-15-10-6-4-3-5-7-11-15/h8-9,12-13,15,19H,2-7,10-11,14H2,1H3,(H,20,21)/p+1. The van der Waals surface area contributed by atoms with Crippen molar-refractivity contribution in [3.8, 4) is 5.75 Å². The van der Waals surface area contributed by atoms with Gasteiger partial charge in [-0.25, -0.2) is 0 Å². The molecule has 0 aliphatic heterocycles. The third kappa shape index (κ3) is 5.68. The first-order valence-electron chi connectivity index (χ1n) is 8.64. The molecule has 4 heteroatoms. The first kappa shape index (κ1) is 16.8. The fraction of sp³-hybridized carbons (Fsp3) is 0.611. The summed E-state index contributed by atoms with van der Waals surface area (Å²) in [6, 6.07) is 8.21. The van der Waals surface area contributed by atoms with Gasteiger partial charge in [-0.05, 0) is 44.7 Å². The maximum Gasteiger partial charge on any atom is 0.279 e. The molecule has 0 spiro atoms. The van der Waals surface area contributed by atoms with E-state index in [1.807, 2.05) is 31.2 Å². The zero-order chi connectivity index (χ0) is 15.6. The number of hydrogen-bond acceptors (Lipinski definition) is 2. The molecule has 0 atom stereocenters. The van der Waals surface area contributed by atoms with Gasteiger partial charge in [0.25, 0.3) is 5.91 Å². The van der Waals surface area contributed by atoms with Crippen molar-refractivity contribution in [1.29, 1.82) is 0 Å². The highest BCUT2D eigenvalue weighted by Crippen LogP contribution is 2.23. The summed E-state index contributed by atoms with van der Waals surface area (Å²) in [6.45, 7) is 3.03. The number of carbonyl (C=O) groups excluding carboxylic acids is 1. The van der Waals surface area contributed by atoms with Crippen molar-refractivity contribution in [2.45, 2.75) is 57.9 Å². The quantitative estimate of drug-likeness (QED) is 0.849. The van der Waals surface area contributed by atoms with Crippen LogP contribution in [0, 0.1) is 0 Å². The SMILES string of the molecule is CCOc1ccccc1NC(=O)C[NH2+]C1CCCCCCC1. The Morgan fingerprint density at radius 3 is 2.59 bits per heavy atom. The molecule has 1 aromatic carbocycles. The molecule has 1 aliphatic rings. The van der Waals surface area contributed by atoms with E-state index in [4.69, 9.17) is 4.74 Å². The van der Waals surface area contributed by atoms with Crippen LogP contribution in [0.3, 0.4) is 0 Å². The molecule has 0 unspecified atom stereocenters. The van der Waals surface area contributed by atoms with Gasteiger partial charge in [0.1, 0.15) is 5.75 Å². The number of carbonyl (C=O) groups is 1. The number of anilines is 1. The number of nitrogens with two attached hydrogens (primary N) is 1. The minimum atomic E-state index is 0.0502. The number of rotatable bonds is 6. The first-order valence-corrected chi connectivity index (χ1v) is 8.64. The summed E-state index contributed by atoms with van der Waals surface area (Å²) in [7, 11) is 0. The number of quaternary nitrogens is 1. The van der Waals surface area contributed by atoms with Crippen LogP contribution in [0.2, 0.25) is 0 Å². The molecule has 3 N–H and O–H groups in total. The van der Waals surface area contributed by atoms with Gasteiger partial charge in [0.2, 0.25) is 0 Å². The normalized spacial score (nSPS) is 16.6. The van der Waals surface area contributed by atoms with Crippen molar-refractivity contribution < 1.29 is 14.8 Å². The van der Waals surface area contributed by atoms with Gasteiger partial charge >= 0.3 is 0 Å². The molecule has 2 rings (SSSR count). The Morgan fingerprint density at radius 2 is 1.86 bits per heavy atom. The van der Waals surface area contributed by atoms with Gasteiger partial charge < -0.3 is 15.4 Å². The molecule has 0 saturated heterocycles. The Labute approximate surface area is 133 Å². The zero-order valence-electron chi connectivity index (χ0n) is 13.6. The summed E-state index contributed by atoms with van der Waals surface area (Å²) in [5, 5.41) is 5.18. The lowest BCUT2D eigenvalue weighted by Crippen LogP contribution is -2.91. The highest BCUT2D eigenvalue weighted by molar-refractivity contribution is 5.92. The molecule has 0 bridgehead atoms. The van der Waals surface area contributed by atoms with Gasteiger partial charge in [0.05, 0.1) is 18.3 Å². The second-order valence-corrected chi connectivity index (χ2v) is 6.02. The average Bonchev–Trinajstić information content (AvgIpc) is 2.48. The summed E-state index contributed by atoms with van der Waals surface area (Å²) in [4.78, 5) is 12.2. The lowest BCUT2D eigenvalue weighted by molar-refractivity contribution is -0.680. The van der Waals surface area contributed by atoms with Crippen LogP contribution < -0.4 is 15.4 Å². The van der Waals surface area contributed by atoms with E-state index in [-0.39, 0.29) is 5.91 Å². The number of benzene rings is 1. The monoisotopic (exact) mass is 305 g/mol. The van der Waals surface area contributed by atoms with Crippen molar-refractivity contribution in [3.05, 3.63) is 24.3 Å². The van der Waals surface area contributed by atoms with Crippen LogP contribution in [0.5, 0.6) is 5.75 Å². The van der Waals surface area contributed by atoms with E-state index >= 15 is 0 Å². The summed E-state index contributed by atoms with van der Waals surface area (Å²) in [6.07, 6.45) is 9.15. The van der Waals surface area contributed by atoms with Gasteiger partial charge in [-0.15, -0.1) is 0 Å². The van der Waals surface area contributed by atoms with Crippen LogP contribution >= 0.6 is 0 Å². The van der Waals surface area contributed by atoms with Crippen molar-refractivity contribution in [2.75, 3.05) is 18.5 Å². The number of ether oxygens (including phenoxy) is 1. The minimum Gasteiger partial charge on any atom is -0.492 e. The van der Waals surface area contributed by atoms with Crippen LogP contribution in [0.25, 0.3) is 0 Å². The molecule has 1 amide bonds. The Kier molecular flexibility index (Phi) is 7.23. The Hall–Kier alpha value is -1.55. The number of hydrogen-bond donors (Lipinski definition) is 2. The lowest BCUT2D eigenvalue weighted by Gasteiger charge is -2.18. The van der Waals surface area contributed by atoms with E-state index in [9.17, 15) is 4.79 Å². The molecular formula is C18H29N2O2+. The lowest BCUT2D eigenvalue weighted by atomic mass is 9.97. The van der Waals surface area contributed by atoms with Crippen molar-refractivity contribution in [2.24, 2.45) is 0 Å². The van der Waals surface area contributed by atoms with Gasteiger partial charge in [0.15, 0.2) is 6.54 Å². The maximum atomic E-state index is 12.2. The molecule has 0 heterocycles. The van der Waals surface area contributed by atoms with Crippen LogP contribution in [0.1, 0.15) is 51.9 Å². The molecule has 1 aromatic rings. The number of nitrogens with one attached hydrogen (secondary N) is 1. The Balaban J connectivity index is 1.79. The molecule has 22 heavy (non-hydrogen) atoms. The van der Waals surface area contributed by atoms with Crippen molar-refractivity contribution in [1.82, 2.24) is 0 Å². The second kappa shape index (κ2) is 9.46. The number of amides is 1. The molecule has 1 saturated carbocycles. The average molecular weight is 305 g/mol. The third-order valence-corrected chi connectivity index (χ3v) is 4.25. The van der Waals surface area contributed by atoms with E-state index in [0.29, 0.717) is 19.2 Å². The van der Waals surface area contributed by atoms with Crippen LogP contribution in [0.15, 0.2) is 24.3 Å². The fourth-order valence-corrected chi connectivity index (χ4v) is 3.05. The van der Waals surface area contributed by atoms with Gasteiger partial charge in [0, 0.05) is 0 Å². The predicted molar refractivity (Wildman–Crippen MR) is 89.1 cm³/mol. The van der Waals surface area contributed by atoms with E-state index in [1.165, 1.54) is 44.9 Å². The summed E-state index contributed by atoms with van der Waals surface area (Å²) >= 11 is 0. The van der Waals surface area contributed by atoms with Gasteiger partial charge in [-0.2, -0.15) is 0 Å². The smallest absolute Gasteiger partial charge is 0.279 e. The molecular weight excluding hydrogens is 276 g/mol. The molecule has 0 aromatic heterocycles. The molecule has 1 fully saturated rings. The van der Waals surface area contributed by atoms with E-state index in [2.05, 4.69) is 10.6 Å².